The van der Waals surface area contributed by atoms with E-state index in [-0.39, 0.29) is 24.0 Å². The Kier molecular flexibility index (Phi) is 10.1. The molecule has 1 aromatic carbocycles. The fraction of sp³-hybridized carbons (Fsp3) is 0.565. The van der Waals surface area contributed by atoms with Gasteiger partial charge in [0.15, 0.2) is 5.96 Å². The minimum atomic E-state index is 0. The van der Waals surface area contributed by atoms with Crippen molar-refractivity contribution in [3.05, 3.63) is 52.9 Å². The van der Waals surface area contributed by atoms with Gasteiger partial charge in [0.25, 0.3) is 0 Å². The van der Waals surface area contributed by atoms with Gasteiger partial charge in [-0.2, -0.15) is 0 Å². The molecule has 0 unspecified atom stereocenters. The largest absolute Gasteiger partial charge is 0.364 e. The number of guanidine groups is 1. The molecule has 9 heteroatoms. The van der Waals surface area contributed by atoms with Crippen molar-refractivity contribution < 1.29 is 4.52 Å². The molecular weight excluding hydrogens is 539 g/mol. The lowest BCUT2D eigenvalue weighted by Gasteiger charge is -2.37. The van der Waals surface area contributed by atoms with Gasteiger partial charge in [0.1, 0.15) is 6.26 Å². The fourth-order valence-corrected chi connectivity index (χ4v) is 4.65. The average Bonchev–Trinajstić information content (AvgIpc) is 3.31. The van der Waals surface area contributed by atoms with Crippen LogP contribution in [0.1, 0.15) is 24.1 Å². The minimum Gasteiger partial charge on any atom is -0.364 e. The first-order chi connectivity index (χ1) is 15.2. The van der Waals surface area contributed by atoms with E-state index in [1.165, 1.54) is 18.4 Å². The van der Waals surface area contributed by atoms with Crippen molar-refractivity contribution in [1.29, 1.82) is 0 Å². The molecule has 2 aliphatic heterocycles. The van der Waals surface area contributed by atoms with Gasteiger partial charge in [0, 0.05) is 63.9 Å². The summed E-state index contributed by atoms with van der Waals surface area (Å²) in [5.74, 6) is 1.72. The van der Waals surface area contributed by atoms with Crippen LogP contribution in [-0.2, 0) is 13.1 Å². The standard InChI is InChI=1S/C23H33ClN6O.HI/c1-25-23(30-13-11-29(12-14-30)18-21-8-15-31-27-21)26-16-19-6-9-28(10-7-19)17-20-4-2-3-5-22(20)24;/h2-5,8,15,19H,6-7,9-14,16-18H2,1H3,(H,25,26);1H. The summed E-state index contributed by atoms with van der Waals surface area (Å²) < 4.78 is 4.94. The zero-order valence-electron chi connectivity index (χ0n) is 18.8. The molecule has 7 nitrogen and oxygen atoms in total. The van der Waals surface area contributed by atoms with Gasteiger partial charge >= 0.3 is 0 Å². The zero-order valence-corrected chi connectivity index (χ0v) is 21.8. The normalized spacial score (nSPS) is 19.1. The zero-order chi connectivity index (χ0) is 21.5. The van der Waals surface area contributed by atoms with Gasteiger partial charge in [-0.15, -0.1) is 24.0 Å². The van der Waals surface area contributed by atoms with Gasteiger partial charge < -0.3 is 14.7 Å². The fourth-order valence-electron chi connectivity index (χ4n) is 4.45. The number of aliphatic imine (C=N–C) groups is 1. The molecule has 2 saturated heterocycles. The number of hydrogen-bond donors (Lipinski definition) is 1. The molecule has 0 aliphatic carbocycles. The SMILES string of the molecule is CN=C(NCC1CCN(Cc2ccccc2Cl)CC1)N1CCN(Cc2ccon2)CC1.I. The highest BCUT2D eigenvalue weighted by molar-refractivity contribution is 14.0. The highest BCUT2D eigenvalue weighted by Gasteiger charge is 2.23. The molecule has 2 aromatic rings. The lowest BCUT2D eigenvalue weighted by Crippen LogP contribution is -2.53. The summed E-state index contributed by atoms with van der Waals surface area (Å²) in [7, 11) is 1.89. The quantitative estimate of drug-likeness (QED) is 0.325. The number of hydrogen-bond acceptors (Lipinski definition) is 5. The van der Waals surface area contributed by atoms with Crippen molar-refractivity contribution in [2.24, 2.45) is 10.9 Å². The molecule has 2 aliphatic rings. The van der Waals surface area contributed by atoms with Crippen LogP contribution in [0.5, 0.6) is 0 Å². The third-order valence-electron chi connectivity index (χ3n) is 6.37. The molecule has 0 bridgehead atoms. The van der Waals surface area contributed by atoms with Gasteiger partial charge in [-0.25, -0.2) is 0 Å². The molecule has 1 N–H and O–H groups in total. The maximum atomic E-state index is 6.33. The van der Waals surface area contributed by atoms with Crippen LogP contribution in [0.25, 0.3) is 0 Å². The number of aromatic nitrogens is 1. The van der Waals surface area contributed by atoms with Crippen LogP contribution in [0.2, 0.25) is 5.02 Å². The van der Waals surface area contributed by atoms with E-state index in [0.29, 0.717) is 5.92 Å². The first-order valence-corrected chi connectivity index (χ1v) is 11.6. The number of halogens is 2. The number of nitrogens with one attached hydrogen (secondary N) is 1. The van der Waals surface area contributed by atoms with Crippen molar-refractivity contribution in [3.63, 3.8) is 0 Å². The van der Waals surface area contributed by atoms with Crippen LogP contribution in [0.3, 0.4) is 0 Å². The summed E-state index contributed by atoms with van der Waals surface area (Å²) in [6.07, 6.45) is 4.05. The van der Waals surface area contributed by atoms with Crippen LogP contribution >= 0.6 is 35.6 Å². The van der Waals surface area contributed by atoms with E-state index in [1.54, 1.807) is 6.26 Å². The van der Waals surface area contributed by atoms with Crippen LogP contribution < -0.4 is 5.32 Å². The molecule has 0 amide bonds. The Hall–Kier alpha value is -1.36. The topological polar surface area (TPSA) is 60.1 Å². The molecule has 1 aromatic heterocycles. The van der Waals surface area contributed by atoms with Crippen molar-refractivity contribution in [1.82, 2.24) is 25.2 Å². The summed E-state index contributed by atoms with van der Waals surface area (Å²) in [5.41, 5.74) is 2.22. The number of benzene rings is 1. The Morgan fingerprint density at radius 2 is 1.78 bits per heavy atom. The van der Waals surface area contributed by atoms with E-state index in [0.717, 1.165) is 75.6 Å². The van der Waals surface area contributed by atoms with Gasteiger partial charge in [-0.05, 0) is 43.5 Å². The monoisotopic (exact) mass is 572 g/mol. The lowest BCUT2D eigenvalue weighted by molar-refractivity contribution is 0.164. The molecule has 3 heterocycles. The second kappa shape index (κ2) is 12.8. The smallest absolute Gasteiger partial charge is 0.193 e. The van der Waals surface area contributed by atoms with E-state index >= 15 is 0 Å². The number of nitrogens with zero attached hydrogens (tertiary/aromatic N) is 5. The summed E-state index contributed by atoms with van der Waals surface area (Å²) in [5, 5.41) is 8.52. The molecule has 0 radical (unpaired) electrons. The van der Waals surface area contributed by atoms with Crippen LogP contribution in [0, 0.1) is 5.92 Å². The summed E-state index contributed by atoms with van der Waals surface area (Å²) in [6.45, 7) is 9.01. The molecule has 32 heavy (non-hydrogen) atoms. The molecule has 2 fully saturated rings. The van der Waals surface area contributed by atoms with Crippen molar-refractivity contribution in [3.8, 4) is 0 Å². The van der Waals surface area contributed by atoms with Crippen molar-refractivity contribution >= 4 is 41.5 Å². The lowest BCUT2D eigenvalue weighted by atomic mass is 9.96. The van der Waals surface area contributed by atoms with E-state index in [1.807, 2.05) is 25.2 Å². The first kappa shape index (κ1) is 25.3. The van der Waals surface area contributed by atoms with E-state index in [9.17, 15) is 0 Å². The molecular formula is C23H34ClIN6O. The average molecular weight is 573 g/mol. The Balaban J connectivity index is 0.00000289. The third kappa shape index (κ3) is 7.07. The highest BCUT2D eigenvalue weighted by atomic mass is 127. The summed E-state index contributed by atoms with van der Waals surface area (Å²) in [4.78, 5) is 11.8. The second-order valence-electron chi connectivity index (χ2n) is 8.49. The third-order valence-corrected chi connectivity index (χ3v) is 6.74. The Morgan fingerprint density at radius 1 is 1.06 bits per heavy atom. The van der Waals surface area contributed by atoms with Crippen molar-refractivity contribution in [2.75, 3.05) is 52.9 Å². The predicted octanol–water partition coefficient (Wildman–Crippen LogP) is 3.55. The van der Waals surface area contributed by atoms with Crippen LogP contribution in [-0.4, -0.2) is 78.7 Å². The Labute approximate surface area is 213 Å². The Morgan fingerprint density at radius 3 is 2.44 bits per heavy atom. The number of likely N-dealkylation sites (tertiary alicyclic amines) is 1. The van der Waals surface area contributed by atoms with Crippen LogP contribution in [0.15, 0.2) is 46.1 Å². The molecule has 0 atom stereocenters. The van der Waals surface area contributed by atoms with Gasteiger partial charge in [-0.1, -0.05) is 35.0 Å². The van der Waals surface area contributed by atoms with E-state index < -0.39 is 0 Å². The van der Waals surface area contributed by atoms with Gasteiger partial charge in [-0.3, -0.25) is 14.8 Å². The van der Waals surface area contributed by atoms with Gasteiger partial charge in [0.2, 0.25) is 0 Å². The number of piperazine rings is 1. The summed E-state index contributed by atoms with van der Waals surface area (Å²) in [6, 6.07) is 10.1. The van der Waals surface area contributed by atoms with Crippen LogP contribution in [0.4, 0.5) is 0 Å². The molecule has 176 valence electrons. The maximum absolute atomic E-state index is 6.33. The Bertz CT molecular complexity index is 833. The highest BCUT2D eigenvalue weighted by Crippen LogP contribution is 2.22. The molecule has 4 rings (SSSR count). The van der Waals surface area contributed by atoms with Crippen molar-refractivity contribution in [2.45, 2.75) is 25.9 Å². The predicted molar refractivity (Wildman–Crippen MR) is 140 cm³/mol. The second-order valence-corrected chi connectivity index (χ2v) is 8.90. The summed E-state index contributed by atoms with van der Waals surface area (Å²) >= 11 is 6.33. The number of piperidine rings is 1. The molecule has 0 saturated carbocycles. The number of rotatable bonds is 6. The van der Waals surface area contributed by atoms with E-state index in [2.05, 4.69) is 42.3 Å². The first-order valence-electron chi connectivity index (χ1n) is 11.2. The maximum Gasteiger partial charge on any atom is 0.193 e. The minimum absolute atomic E-state index is 0. The van der Waals surface area contributed by atoms with E-state index in [4.69, 9.17) is 16.1 Å². The van der Waals surface area contributed by atoms with Gasteiger partial charge in [0.05, 0.1) is 5.69 Å². The molecule has 0 spiro atoms.